The summed E-state index contributed by atoms with van der Waals surface area (Å²) in [6, 6.07) is 102. The highest BCUT2D eigenvalue weighted by Crippen LogP contribution is 2.67. The Hall–Kier alpha value is -8.97. The Morgan fingerprint density at radius 1 is 0.341 bits per heavy atom. The molecule has 6 aliphatic rings. The Kier molecular flexibility index (Phi) is 10.5. The maximum atomic E-state index is 2.58. The van der Waals surface area contributed by atoms with Crippen LogP contribution in [0.4, 0.5) is 45.5 Å². The van der Waals surface area contributed by atoms with Gasteiger partial charge in [-0.15, -0.1) is 0 Å². The molecule has 4 aliphatic heterocycles. The van der Waals surface area contributed by atoms with Crippen LogP contribution in [0.1, 0.15) is 47.2 Å². The lowest BCUT2D eigenvalue weighted by atomic mass is 9.36. The smallest absolute Gasteiger partial charge is 0.244 e. The van der Waals surface area contributed by atoms with E-state index in [4.69, 9.17) is 0 Å². The van der Waals surface area contributed by atoms with Crippen LogP contribution < -0.4 is 47.1 Å². The summed E-state index contributed by atoms with van der Waals surface area (Å²) in [5, 5.41) is 0. The average molecular weight is 1120 g/mol. The first-order chi connectivity index (χ1) is 41.7. The maximum Gasteiger partial charge on any atom is 0.244 e. The number of fused-ring (bicyclic) bond motifs is 20. The van der Waals surface area contributed by atoms with E-state index in [0.717, 1.165) is 11.4 Å². The van der Waals surface area contributed by atoms with Gasteiger partial charge in [-0.25, -0.2) is 0 Å². The molecule has 1 spiro atoms. The predicted molar refractivity (Wildman–Crippen MR) is 361 cm³/mol. The van der Waals surface area contributed by atoms with Crippen LogP contribution in [0.15, 0.2) is 287 Å². The fourth-order valence-corrected chi connectivity index (χ4v) is 18.8. The van der Waals surface area contributed by atoms with Gasteiger partial charge in [0.25, 0.3) is 0 Å². The number of nitrogens with zero attached hydrogens (tertiary/aromatic N) is 3. The third kappa shape index (κ3) is 6.66. The van der Waals surface area contributed by atoms with E-state index < -0.39 is 5.41 Å². The van der Waals surface area contributed by atoms with E-state index in [1.807, 2.05) is 23.5 Å². The van der Waals surface area contributed by atoms with E-state index in [9.17, 15) is 0 Å². The standard InChI is InChI=1S/C78H56B2N3S2/c1-77(2)57-27-11-15-31-65(57)81(66-32-16-12-28-58(66)77)51-39-41-55-53(47-51)73-59(43-45-63-75(73)84-71-37-21-13-29-61(71)79(63)49-23-7-5-8-24-49)78(55)56-42-40-52(82-67-33-17-19-35-69(67)83(3,4)70-36-20-18-34-68(70)82)48-54(56)74-60(78)44-46-64-76(74)85-72-38-22-14-30-62(72)80(64)50-25-9-6-10-26-50/h5-48H,1-4H3/q+1. The minimum atomic E-state index is -0.674. The van der Waals surface area contributed by atoms with Crippen LogP contribution in [-0.2, 0) is 10.8 Å². The zero-order valence-electron chi connectivity index (χ0n) is 47.7. The summed E-state index contributed by atoms with van der Waals surface area (Å²) in [6.45, 7) is 4.90. The van der Waals surface area contributed by atoms with E-state index in [0.29, 0.717) is 4.48 Å². The molecule has 4 heterocycles. The molecule has 0 aromatic heterocycles. The van der Waals surface area contributed by atoms with Gasteiger partial charge in [0, 0.05) is 59.6 Å². The van der Waals surface area contributed by atoms with Crippen LogP contribution in [0.5, 0.6) is 0 Å². The van der Waals surface area contributed by atoms with E-state index in [1.54, 1.807) is 0 Å². The molecule has 0 bridgehead atoms. The molecule has 1 unspecified atom stereocenters. The molecule has 0 saturated heterocycles. The predicted octanol–water partition coefficient (Wildman–Crippen LogP) is 15.8. The first-order valence-corrected chi connectivity index (χ1v) is 31.4. The summed E-state index contributed by atoms with van der Waals surface area (Å²) >= 11 is 3.94. The third-order valence-corrected chi connectivity index (χ3v) is 22.4. The van der Waals surface area contributed by atoms with Crippen LogP contribution in [0.2, 0.25) is 0 Å². The van der Waals surface area contributed by atoms with Crippen LogP contribution in [-0.4, -0.2) is 27.5 Å². The van der Waals surface area contributed by atoms with Gasteiger partial charge in [-0.2, -0.15) is 0 Å². The molecule has 85 heavy (non-hydrogen) atoms. The van der Waals surface area contributed by atoms with Gasteiger partial charge < -0.3 is 4.90 Å². The van der Waals surface area contributed by atoms with E-state index in [1.165, 1.54) is 142 Å². The summed E-state index contributed by atoms with van der Waals surface area (Å²) in [4.78, 5) is 10.4. The number of para-hydroxylation sites is 6. The van der Waals surface area contributed by atoms with Crippen molar-refractivity contribution in [3.05, 3.63) is 300 Å². The van der Waals surface area contributed by atoms with Crippen molar-refractivity contribution in [2.45, 2.75) is 44.3 Å². The van der Waals surface area contributed by atoms with Crippen LogP contribution >= 0.6 is 23.5 Å². The quantitative estimate of drug-likeness (QED) is 0.128. The summed E-state index contributed by atoms with van der Waals surface area (Å²) in [7, 11) is 4.65. The molecule has 0 radical (unpaired) electrons. The van der Waals surface area contributed by atoms with Crippen LogP contribution in [0, 0.1) is 0 Å². The van der Waals surface area contributed by atoms with Crippen LogP contribution in [0.3, 0.4) is 0 Å². The van der Waals surface area contributed by atoms with Gasteiger partial charge in [-0.1, -0.05) is 264 Å². The lowest BCUT2D eigenvalue weighted by molar-refractivity contribution is 0.550. The molecule has 18 rings (SSSR count). The fourth-order valence-electron chi connectivity index (χ4n) is 16.2. The van der Waals surface area contributed by atoms with Crippen molar-refractivity contribution in [2.24, 2.45) is 0 Å². The molecular weight excluding hydrogens is 1060 g/mol. The van der Waals surface area contributed by atoms with Gasteiger partial charge >= 0.3 is 0 Å². The number of hydrogen-bond acceptors (Lipinski definition) is 4. The molecule has 0 saturated carbocycles. The number of hydrogen-bond donors (Lipinski definition) is 0. The number of anilines is 6. The lowest BCUT2D eigenvalue weighted by Gasteiger charge is -2.42. The van der Waals surface area contributed by atoms with Crippen molar-refractivity contribution in [2.75, 3.05) is 23.9 Å². The van der Waals surface area contributed by atoms with Gasteiger partial charge in [0.1, 0.15) is 11.4 Å². The summed E-state index contributed by atoms with van der Waals surface area (Å²) < 4.78 is 0.657. The summed E-state index contributed by atoms with van der Waals surface area (Å²) in [5.41, 5.74) is 30.2. The molecule has 0 fully saturated rings. The first-order valence-electron chi connectivity index (χ1n) is 29.8. The van der Waals surface area contributed by atoms with Crippen molar-refractivity contribution in [3.63, 3.8) is 0 Å². The van der Waals surface area contributed by atoms with Crippen molar-refractivity contribution < 1.29 is 0 Å². The number of rotatable bonds is 4. The highest BCUT2D eigenvalue weighted by atomic mass is 32.2. The number of benzene rings is 12. The maximum absolute atomic E-state index is 2.58. The Labute approximate surface area is 507 Å². The normalized spacial score (nSPS) is 17.0. The zero-order valence-corrected chi connectivity index (χ0v) is 49.3. The van der Waals surface area contributed by atoms with Crippen molar-refractivity contribution >= 4 is 115 Å². The average Bonchev–Trinajstić information content (AvgIpc) is 1.55. The third-order valence-electron chi connectivity index (χ3n) is 19.9. The Morgan fingerprint density at radius 3 is 1.19 bits per heavy atom. The second kappa shape index (κ2) is 18.0. The minimum absolute atomic E-state index is 0.0624. The molecular formula is C78H56B2N3S2+. The van der Waals surface area contributed by atoms with Crippen LogP contribution in [0.25, 0.3) is 22.3 Å². The molecule has 12 aromatic carbocycles. The second-order valence-electron chi connectivity index (χ2n) is 24.8. The van der Waals surface area contributed by atoms with Gasteiger partial charge in [-0.05, 0) is 105 Å². The van der Waals surface area contributed by atoms with Gasteiger partial charge in [-0.3, -0.25) is 9.38 Å². The van der Waals surface area contributed by atoms with Gasteiger partial charge in [0.2, 0.25) is 13.4 Å². The molecule has 3 nitrogen and oxygen atoms in total. The second-order valence-corrected chi connectivity index (χ2v) is 26.9. The molecule has 400 valence electrons. The summed E-state index contributed by atoms with van der Waals surface area (Å²) in [5.74, 6) is 0. The highest BCUT2D eigenvalue weighted by molar-refractivity contribution is 8.00. The zero-order chi connectivity index (χ0) is 56.5. The van der Waals surface area contributed by atoms with Gasteiger partial charge in [0.15, 0.2) is 11.4 Å². The van der Waals surface area contributed by atoms with Gasteiger partial charge in [0.05, 0.1) is 30.9 Å². The number of quaternary nitrogens is 1. The molecule has 7 heteroatoms. The van der Waals surface area contributed by atoms with E-state index >= 15 is 0 Å². The summed E-state index contributed by atoms with van der Waals surface area (Å²) in [6.07, 6.45) is 0. The molecule has 2 aliphatic carbocycles. The van der Waals surface area contributed by atoms with E-state index in [2.05, 4.69) is 305 Å². The fraction of sp³-hybridized carbons (Fsp3) is 0.0769. The Balaban J connectivity index is 0.955. The monoisotopic (exact) mass is 1120 g/mol. The van der Waals surface area contributed by atoms with E-state index in [-0.39, 0.29) is 18.8 Å². The SMILES string of the molecule is CC1(C)c2ccccc2N(c2ccc3c(c2)-c2c(ccc4c2Sc2ccccc2B4c2ccccc2)C32c3ccc(N4c5ccccc5[N+](C)(C)c5ccccc54)cc3-c3c2ccc2c3Sc3ccccc3B2c2ccccc2)c2ccccc21. The first kappa shape index (κ1) is 49.5. The largest absolute Gasteiger partial charge is 0.310 e. The van der Waals surface area contributed by atoms with Crippen molar-refractivity contribution in [1.29, 1.82) is 0 Å². The highest BCUT2D eigenvalue weighted by Gasteiger charge is 2.55. The van der Waals surface area contributed by atoms with Crippen molar-refractivity contribution in [1.82, 2.24) is 4.48 Å². The minimum Gasteiger partial charge on any atom is -0.310 e. The lowest BCUT2D eigenvalue weighted by Crippen LogP contribution is -2.55. The molecule has 0 amide bonds. The molecule has 12 aromatic rings. The van der Waals surface area contributed by atoms with Crippen molar-refractivity contribution in [3.8, 4) is 22.3 Å². The topological polar surface area (TPSA) is 6.48 Å². The molecule has 1 atom stereocenters. The Morgan fingerprint density at radius 2 is 0.718 bits per heavy atom. The molecule has 0 N–H and O–H groups in total. The Bertz CT molecular complexity index is 4440.